The molecule has 6 nitrogen and oxygen atoms in total. The average Bonchev–Trinajstić information content (AvgIpc) is 3.38. The van der Waals surface area contributed by atoms with Crippen LogP contribution in [0.5, 0.6) is 0 Å². The van der Waals surface area contributed by atoms with Crippen LogP contribution in [0.2, 0.25) is 0 Å². The second-order valence-electron chi connectivity index (χ2n) is 12.7. The van der Waals surface area contributed by atoms with Gasteiger partial charge in [-0.25, -0.2) is 0 Å². The van der Waals surface area contributed by atoms with E-state index >= 15 is 0 Å². The fraction of sp³-hybridized carbons (Fsp3) is 0.677. The number of hydrogen-bond acceptors (Lipinski definition) is 4. The van der Waals surface area contributed by atoms with E-state index in [4.69, 9.17) is 0 Å². The zero-order valence-electron chi connectivity index (χ0n) is 25.0. The van der Waals surface area contributed by atoms with Crippen molar-refractivity contribution in [3.63, 3.8) is 0 Å². The third kappa shape index (κ3) is 7.90. The van der Waals surface area contributed by atoms with Gasteiger partial charge < -0.3 is 20.4 Å². The van der Waals surface area contributed by atoms with Crippen molar-refractivity contribution in [1.82, 2.24) is 20.4 Å². The standard InChI is InChI=1S/C31H52N4O2/c1-22(2)25(20-23(3)28(36)35-18-14-15-19-35)34(10)29(37)27(30(4,5)6)33-21-26(32-9)31(7,8)24-16-12-11-13-17-24/h11-13,16-17,20,22,25-27,32-33H,14-15,18-19,21H2,1-10H3/t25-,26-,27-/m1/s1. The van der Waals surface area contributed by atoms with E-state index in [9.17, 15) is 9.59 Å². The van der Waals surface area contributed by atoms with Gasteiger partial charge in [-0.2, -0.15) is 0 Å². The number of carbonyl (C=O) groups excluding carboxylic acids is 2. The Hall–Kier alpha value is -2.18. The van der Waals surface area contributed by atoms with Crippen LogP contribution in [-0.2, 0) is 15.0 Å². The van der Waals surface area contributed by atoms with Gasteiger partial charge in [0.25, 0.3) is 0 Å². The Kier molecular flexibility index (Phi) is 11.0. The van der Waals surface area contributed by atoms with Crippen molar-refractivity contribution < 1.29 is 9.59 Å². The number of carbonyl (C=O) groups is 2. The monoisotopic (exact) mass is 512 g/mol. The first-order valence-corrected chi connectivity index (χ1v) is 13.9. The summed E-state index contributed by atoms with van der Waals surface area (Å²) in [5.74, 6) is 0.323. The number of likely N-dealkylation sites (tertiary alicyclic amines) is 1. The molecule has 0 radical (unpaired) electrons. The highest BCUT2D eigenvalue weighted by atomic mass is 16.2. The van der Waals surface area contributed by atoms with Gasteiger partial charge in [0.15, 0.2) is 0 Å². The molecule has 1 fully saturated rings. The SMILES string of the molecule is CN[C@H](CN[C@H](C(=O)N(C)[C@H](C=C(C)C(=O)N1CCCC1)C(C)C)C(C)(C)C)C(C)(C)c1ccccc1. The van der Waals surface area contributed by atoms with Crippen molar-refractivity contribution in [2.75, 3.05) is 33.7 Å². The summed E-state index contributed by atoms with van der Waals surface area (Å²) in [5.41, 5.74) is 1.57. The number of hydrogen-bond donors (Lipinski definition) is 2. The van der Waals surface area contributed by atoms with E-state index in [-0.39, 0.29) is 46.7 Å². The lowest BCUT2D eigenvalue weighted by atomic mass is 9.77. The molecule has 1 saturated heterocycles. The quantitative estimate of drug-likeness (QED) is 0.425. The average molecular weight is 513 g/mol. The Bertz CT molecular complexity index is 911. The predicted molar refractivity (Wildman–Crippen MR) is 155 cm³/mol. The van der Waals surface area contributed by atoms with Crippen LogP contribution in [0.1, 0.15) is 73.8 Å². The van der Waals surface area contributed by atoms with E-state index in [0.29, 0.717) is 6.54 Å². The number of benzene rings is 1. The van der Waals surface area contributed by atoms with Crippen LogP contribution in [0.3, 0.4) is 0 Å². The fourth-order valence-corrected chi connectivity index (χ4v) is 5.39. The van der Waals surface area contributed by atoms with Crippen LogP contribution in [0.4, 0.5) is 0 Å². The Morgan fingerprint density at radius 1 is 1.05 bits per heavy atom. The van der Waals surface area contributed by atoms with E-state index < -0.39 is 0 Å². The molecule has 0 spiro atoms. The molecule has 1 aliphatic rings. The smallest absolute Gasteiger partial charge is 0.249 e. The Labute approximate surface area is 226 Å². The summed E-state index contributed by atoms with van der Waals surface area (Å²) < 4.78 is 0. The first-order chi connectivity index (χ1) is 17.2. The summed E-state index contributed by atoms with van der Waals surface area (Å²) in [6.45, 7) is 19.2. The van der Waals surface area contributed by atoms with Gasteiger partial charge in [-0.3, -0.25) is 9.59 Å². The van der Waals surface area contributed by atoms with E-state index in [1.807, 2.05) is 43.0 Å². The molecule has 2 rings (SSSR count). The lowest BCUT2D eigenvalue weighted by Gasteiger charge is -2.40. The van der Waals surface area contributed by atoms with Gasteiger partial charge >= 0.3 is 0 Å². The minimum Gasteiger partial charge on any atom is -0.339 e. The predicted octanol–water partition coefficient (Wildman–Crippen LogP) is 4.61. The maximum absolute atomic E-state index is 14.0. The van der Waals surface area contributed by atoms with Gasteiger partial charge in [-0.15, -0.1) is 0 Å². The first-order valence-electron chi connectivity index (χ1n) is 13.9. The van der Waals surface area contributed by atoms with Crippen molar-refractivity contribution in [1.29, 1.82) is 0 Å². The van der Waals surface area contributed by atoms with Crippen molar-refractivity contribution >= 4 is 11.8 Å². The molecule has 0 saturated carbocycles. The van der Waals surface area contributed by atoms with Crippen LogP contribution in [0.25, 0.3) is 0 Å². The summed E-state index contributed by atoms with van der Waals surface area (Å²) >= 11 is 0. The lowest BCUT2D eigenvalue weighted by molar-refractivity contribution is -0.137. The minimum absolute atomic E-state index is 0.0521. The number of likely N-dealkylation sites (N-methyl/N-ethyl adjacent to an activating group) is 2. The molecule has 1 heterocycles. The molecule has 2 amide bonds. The highest BCUT2D eigenvalue weighted by Crippen LogP contribution is 2.28. The molecule has 6 heteroatoms. The molecule has 1 aromatic carbocycles. The normalized spacial score (nSPS) is 17.6. The van der Waals surface area contributed by atoms with Crippen LogP contribution in [0, 0.1) is 11.3 Å². The zero-order valence-corrected chi connectivity index (χ0v) is 25.0. The summed E-state index contributed by atoms with van der Waals surface area (Å²) in [6.07, 6.45) is 4.13. The lowest BCUT2D eigenvalue weighted by Crippen LogP contribution is -2.59. The minimum atomic E-state index is -0.371. The van der Waals surface area contributed by atoms with Gasteiger partial charge in [0, 0.05) is 43.7 Å². The summed E-state index contributed by atoms with van der Waals surface area (Å²) in [5, 5.41) is 7.12. The molecule has 2 N–H and O–H groups in total. The Morgan fingerprint density at radius 2 is 1.62 bits per heavy atom. The maximum atomic E-state index is 14.0. The van der Waals surface area contributed by atoms with Crippen molar-refractivity contribution in [3.05, 3.63) is 47.5 Å². The number of nitrogens with zero attached hydrogens (tertiary/aromatic N) is 2. The second-order valence-corrected chi connectivity index (χ2v) is 12.7. The molecule has 0 aliphatic carbocycles. The second kappa shape index (κ2) is 13.1. The molecule has 0 unspecified atom stereocenters. The fourth-order valence-electron chi connectivity index (χ4n) is 5.39. The van der Waals surface area contributed by atoms with Crippen LogP contribution < -0.4 is 10.6 Å². The van der Waals surface area contributed by atoms with Gasteiger partial charge in [0.05, 0.1) is 12.1 Å². The van der Waals surface area contributed by atoms with Crippen molar-refractivity contribution in [3.8, 4) is 0 Å². The van der Waals surface area contributed by atoms with E-state index in [1.165, 1.54) is 5.56 Å². The van der Waals surface area contributed by atoms with Gasteiger partial charge in [-0.1, -0.05) is 84.9 Å². The molecule has 208 valence electrons. The number of amides is 2. The summed E-state index contributed by atoms with van der Waals surface area (Å²) in [6, 6.07) is 10.1. The topological polar surface area (TPSA) is 64.7 Å². The van der Waals surface area contributed by atoms with Gasteiger partial charge in [0.2, 0.25) is 11.8 Å². The molecule has 1 aliphatic heterocycles. The third-order valence-corrected chi connectivity index (χ3v) is 8.01. The Morgan fingerprint density at radius 3 is 2.11 bits per heavy atom. The molecule has 1 aromatic rings. The number of rotatable bonds is 11. The van der Waals surface area contributed by atoms with E-state index in [0.717, 1.165) is 31.5 Å². The molecule has 0 aromatic heterocycles. The molecular formula is C31H52N4O2. The third-order valence-electron chi connectivity index (χ3n) is 8.01. The van der Waals surface area contributed by atoms with E-state index in [1.54, 1.807) is 0 Å². The van der Waals surface area contributed by atoms with Crippen LogP contribution in [-0.4, -0.2) is 73.5 Å². The summed E-state index contributed by atoms with van der Waals surface area (Å²) in [7, 11) is 3.86. The van der Waals surface area contributed by atoms with Gasteiger partial charge in [-0.05, 0) is 43.7 Å². The highest BCUT2D eigenvalue weighted by Gasteiger charge is 2.38. The number of nitrogens with one attached hydrogen (secondary N) is 2. The largest absolute Gasteiger partial charge is 0.339 e. The highest BCUT2D eigenvalue weighted by molar-refractivity contribution is 5.93. The van der Waals surface area contributed by atoms with Crippen molar-refractivity contribution in [2.24, 2.45) is 11.3 Å². The van der Waals surface area contributed by atoms with E-state index in [2.05, 4.69) is 83.4 Å². The van der Waals surface area contributed by atoms with Crippen LogP contribution in [0.15, 0.2) is 42.0 Å². The van der Waals surface area contributed by atoms with Gasteiger partial charge in [0.1, 0.15) is 0 Å². The summed E-state index contributed by atoms with van der Waals surface area (Å²) in [4.78, 5) is 30.7. The maximum Gasteiger partial charge on any atom is 0.249 e. The molecular weight excluding hydrogens is 460 g/mol. The zero-order chi connectivity index (χ0) is 28.0. The first kappa shape index (κ1) is 31.0. The molecule has 37 heavy (non-hydrogen) atoms. The molecule has 0 bridgehead atoms. The van der Waals surface area contributed by atoms with Crippen molar-refractivity contribution in [2.45, 2.75) is 91.8 Å². The Balaban J connectivity index is 2.23. The van der Waals surface area contributed by atoms with Crippen LogP contribution >= 0.6 is 0 Å². The molecule has 3 atom stereocenters.